The molecule has 0 fully saturated rings. The molecule has 0 bridgehead atoms. The fourth-order valence-corrected chi connectivity index (χ4v) is 5.69. The number of anilines is 1. The quantitative estimate of drug-likeness (QED) is 0.531. The van der Waals surface area contributed by atoms with Crippen molar-refractivity contribution in [2.45, 2.75) is 59.8 Å². The van der Waals surface area contributed by atoms with Crippen molar-refractivity contribution >= 4 is 39.2 Å². The molecule has 0 aromatic heterocycles. The van der Waals surface area contributed by atoms with E-state index < -0.39 is 28.5 Å². The Morgan fingerprint density at radius 3 is 2.00 bits per heavy atom. The van der Waals surface area contributed by atoms with Crippen molar-refractivity contribution < 1.29 is 22.7 Å². The molecule has 0 saturated carbocycles. The first kappa shape index (κ1) is 26.8. The Labute approximate surface area is 200 Å². The minimum atomic E-state index is -3.82. The van der Waals surface area contributed by atoms with E-state index in [1.807, 2.05) is 40.7 Å². The molecule has 0 atom stereocenters. The van der Waals surface area contributed by atoms with Gasteiger partial charge in [0.2, 0.25) is 10.0 Å². The summed E-state index contributed by atoms with van der Waals surface area (Å²) in [5.74, 6) is -1.22. The lowest BCUT2D eigenvalue weighted by Crippen LogP contribution is -2.29. The van der Waals surface area contributed by atoms with Crippen molar-refractivity contribution in [1.82, 2.24) is 4.72 Å². The van der Waals surface area contributed by atoms with E-state index >= 15 is 0 Å². The number of ether oxygens (including phenoxy) is 1. The standard InChI is InChI=1S/C24H31ClN2O5S/c1-13-10-14(2)23(20(25)11-13)27-21(28)12-32-22(29)8-9-26-33(30,31)24-18(6)16(4)15(3)17(5)19(24)7/h10-11,26H,8-9,12H2,1-7H3,(H,27,28). The van der Waals surface area contributed by atoms with Crippen LogP contribution in [0.25, 0.3) is 0 Å². The van der Waals surface area contributed by atoms with E-state index in [9.17, 15) is 18.0 Å². The lowest BCUT2D eigenvalue weighted by atomic mass is 9.95. The third-order valence-electron chi connectivity index (χ3n) is 5.88. The number of amides is 1. The minimum Gasteiger partial charge on any atom is -0.456 e. The fraction of sp³-hybridized carbons (Fsp3) is 0.417. The second kappa shape index (κ2) is 10.7. The van der Waals surface area contributed by atoms with Gasteiger partial charge < -0.3 is 10.1 Å². The SMILES string of the molecule is Cc1cc(C)c(NC(=O)COC(=O)CCNS(=O)(=O)c2c(C)c(C)c(C)c(C)c2C)c(Cl)c1. The molecule has 0 spiro atoms. The molecular formula is C24H31ClN2O5S. The molecule has 2 rings (SSSR count). The number of sulfonamides is 1. The Kier molecular flexibility index (Phi) is 8.68. The van der Waals surface area contributed by atoms with Gasteiger partial charge in [0.25, 0.3) is 5.91 Å². The Hall–Kier alpha value is -2.42. The first-order chi connectivity index (χ1) is 15.3. The number of halogens is 1. The van der Waals surface area contributed by atoms with Crippen LogP contribution in [0.3, 0.4) is 0 Å². The Morgan fingerprint density at radius 1 is 0.909 bits per heavy atom. The Morgan fingerprint density at radius 2 is 1.45 bits per heavy atom. The van der Waals surface area contributed by atoms with Crippen molar-refractivity contribution in [1.29, 1.82) is 0 Å². The summed E-state index contributed by atoms with van der Waals surface area (Å²) in [6.45, 7) is 12.4. The zero-order valence-electron chi connectivity index (χ0n) is 20.1. The van der Waals surface area contributed by atoms with Gasteiger partial charge >= 0.3 is 5.97 Å². The van der Waals surface area contributed by atoms with Gasteiger partial charge in [-0.3, -0.25) is 9.59 Å². The highest BCUT2D eigenvalue weighted by atomic mass is 35.5. The van der Waals surface area contributed by atoms with Crippen molar-refractivity contribution in [2.75, 3.05) is 18.5 Å². The van der Waals surface area contributed by atoms with Crippen LogP contribution in [0.2, 0.25) is 5.02 Å². The summed E-state index contributed by atoms with van der Waals surface area (Å²) in [5.41, 5.74) is 6.51. The molecule has 180 valence electrons. The smallest absolute Gasteiger partial charge is 0.307 e. The topological polar surface area (TPSA) is 102 Å². The molecule has 7 nitrogen and oxygen atoms in total. The Bertz CT molecular complexity index is 1150. The molecule has 0 aliphatic rings. The maximum absolute atomic E-state index is 12.9. The van der Waals surface area contributed by atoms with Crippen molar-refractivity contribution in [3.63, 3.8) is 0 Å². The van der Waals surface area contributed by atoms with E-state index in [0.717, 1.165) is 27.8 Å². The molecule has 2 aromatic rings. The summed E-state index contributed by atoms with van der Waals surface area (Å²) in [5, 5.41) is 3.03. The van der Waals surface area contributed by atoms with Crippen LogP contribution in [-0.2, 0) is 24.3 Å². The molecule has 2 aromatic carbocycles. The summed E-state index contributed by atoms with van der Waals surface area (Å²) in [6, 6.07) is 3.60. The lowest BCUT2D eigenvalue weighted by Gasteiger charge is -2.19. The lowest BCUT2D eigenvalue weighted by molar-refractivity contribution is -0.147. The number of carbonyl (C=O) groups excluding carboxylic acids is 2. The largest absolute Gasteiger partial charge is 0.456 e. The minimum absolute atomic E-state index is 0.142. The van der Waals surface area contributed by atoms with Crippen molar-refractivity contribution in [3.05, 3.63) is 56.1 Å². The van der Waals surface area contributed by atoms with Gasteiger partial charge in [-0.25, -0.2) is 13.1 Å². The molecule has 1 amide bonds. The molecule has 0 radical (unpaired) electrons. The fourth-order valence-electron chi connectivity index (χ4n) is 3.70. The second-order valence-corrected chi connectivity index (χ2v) is 10.4. The normalized spacial score (nSPS) is 11.4. The average molecular weight is 495 g/mol. The number of benzene rings is 2. The number of aryl methyl sites for hydroxylation is 2. The molecule has 2 N–H and O–H groups in total. The molecule has 33 heavy (non-hydrogen) atoms. The van der Waals surface area contributed by atoms with E-state index in [-0.39, 0.29) is 17.9 Å². The van der Waals surface area contributed by atoms with Gasteiger partial charge in [-0.1, -0.05) is 17.7 Å². The number of rotatable bonds is 8. The third-order valence-corrected chi connectivity index (χ3v) is 7.91. The first-order valence-corrected chi connectivity index (χ1v) is 12.4. The van der Waals surface area contributed by atoms with E-state index in [1.54, 1.807) is 19.9 Å². The van der Waals surface area contributed by atoms with Gasteiger partial charge in [0, 0.05) is 6.54 Å². The van der Waals surface area contributed by atoms with Gasteiger partial charge in [-0.05, 0) is 93.5 Å². The van der Waals surface area contributed by atoms with Crippen molar-refractivity contribution in [3.8, 4) is 0 Å². The monoisotopic (exact) mass is 494 g/mol. The van der Waals surface area contributed by atoms with Crippen LogP contribution in [0, 0.1) is 48.5 Å². The predicted octanol–water partition coefficient (Wildman–Crippen LogP) is 4.35. The molecular weight excluding hydrogens is 464 g/mol. The summed E-state index contributed by atoms with van der Waals surface area (Å²) < 4.78 is 33.2. The first-order valence-electron chi connectivity index (χ1n) is 10.5. The number of esters is 1. The van der Waals surface area contributed by atoms with Crippen LogP contribution in [-0.4, -0.2) is 33.4 Å². The second-order valence-electron chi connectivity index (χ2n) is 8.25. The van der Waals surface area contributed by atoms with E-state index in [4.69, 9.17) is 16.3 Å². The van der Waals surface area contributed by atoms with Gasteiger partial charge in [-0.2, -0.15) is 0 Å². The van der Waals surface area contributed by atoms with Gasteiger partial charge in [0.05, 0.1) is 22.0 Å². The number of carbonyl (C=O) groups is 2. The highest BCUT2D eigenvalue weighted by Gasteiger charge is 2.23. The summed E-state index contributed by atoms with van der Waals surface area (Å²) in [4.78, 5) is 24.4. The number of hydrogen-bond acceptors (Lipinski definition) is 5. The number of hydrogen-bond donors (Lipinski definition) is 2. The van der Waals surface area contributed by atoms with Gasteiger partial charge in [0.1, 0.15) is 0 Å². The highest BCUT2D eigenvalue weighted by Crippen LogP contribution is 2.29. The van der Waals surface area contributed by atoms with E-state index in [2.05, 4.69) is 10.0 Å². The maximum Gasteiger partial charge on any atom is 0.307 e. The van der Waals surface area contributed by atoms with Crippen LogP contribution in [0.15, 0.2) is 17.0 Å². The molecule has 9 heteroatoms. The average Bonchev–Trinajstić information content (AvgIpc) is 2.71. The molecule has 0 saturated heterocycles. The van der Waals surface area contributed by atoms with Gasteiger partial charge in [0.15, 0.2) is 6.61 Å². The van der Waals surface area contributed by atoms with Crippen LogP contribution >= 0.6 is 11.6 Å². The van der Waals surface area contributed by atoms with Crippen molar-refractivity contribution in [2.24, 2.45) is 0 Å². The molecule has 0 unspecified atom stereocenters. The van der Waals surface area contributed by atoms with Crippen LogP contribution in [0.4, 0.5) is 5.69 Å². The molecule has 0 aliphatic heterocycles. The predicted molar refractivity (Wildman–Crippen MR) is 130 cm³/mol. The zero-order chi connectivity index (χ0) is 25.1. The molecule has 0 heterocycles. The highest BCUT2D eigenvalue weighted by molar-refractivity contribution is 7.89. The summed E-state index contributed by atoms with van der Waals surface area (Å²) >= 11 is 6.17. The summed E-state index contributed by atoms with van der Waals surface area (Å²) in [7, 11) is -3.82. The molecule has 0 aliphatic carbocycles. The van der Waals surface area contributed by atoms with Crippen LogP contribution in [0.5, 0.6) is 0 Å². The Balaban J connectivity index is 1.93. The summed E-state index contributed by atoms with van der Waals surface area (Å²) in [6.07, 6.45) is -0.210. The van der Waals surface area contributed by atoms with Crippen LogP contribution < -0.4 is 10.0 Å². The van der Waals surface area contributed by atoms with E-state index in [0.29, 0.717) is 21.8 Å². The maximum atomic E-state index is 12.9. The number of nitrogens with one attached hydrogen (secondary N) is 2. The van der Waals surface area contributed by atoms with Gasteiger partial charge in [-0.15, -0.1) is 0 Å². The third kappa shape index (κ3) is 6.34. The van der Waals surface area contributed by atoms with E-state index in [1.165, 1.54) is 0 Å². The zero-order valence-corrected chi connectivity index (χ0v) is 21.7. The van der Waals surface area contributed by atoms with Crippen LogP contribution in [0.1, 0.15) is 45.4 Å².